The second-order valence-electron chi connectivity index (χ2n) is 6.93. The number of esters is 1. The van der Waals surface area contributed by atoms with Crippen molar-refractivity contribution in [1.82, 2.24) is 10.2 Å². The summed E-state index contributed by atoms with van der Waals surface area (Å²) in [6, 6.07) is 5.71. The number of hydrogen-bond donors (Lipinski definition) is 1. The fourth-order valence-corrected chi connectivity index (χ4v) is 2.68. The molecule has 0 fully saturated rings. The summed E-state index contributed by atoms with van der Waals surface area (Å²) in [4.78, 5) is 25.5. The number of hydrogen-bond acceptors (Lipinski definition) is 5. The highest BCUT2D eigenvalue weighted by molar-refractivity contribution is 5.89. The number of nitrogens with zero attached hydrogens (tertiary/aromatic N) is 1. The molecule has 132 valence electrons. The smallest absolute Gasteiger partial charge is 0.407 e. The van der Waals surface area contributed by atoms with E-state index in [4.69, 9.17) is 9.47 Å². The standard InChI is InChI=1S/C18H26N2O4/c1-18(2,3)24-17(22)19-8-10-20-9-7-13-5-6-14(16(21)23-4)11-15(13)12-20/h5-6,11H,7-10,12H2,1-4H3,(H,19,22). The van der Waals surface area contributed by atoms with Crippen LogP contribution in [0.25, 0.3) is 0 Å². The quantitative estimate of drug-likeness (QED) is 0.856. The van der Waals surface area contributed by atoms with Crippen molar-refractivity contribution in [2.75, 3.05) is 26.7 Å². The molecule has 1 N–H and O–H groups in total. The monoisotopic (exact) mass is 334 g/mol. The number of ether oxygens (including phenoxy) is 2. The Balaban J connectivity index is 1.86. The Morgan fingerprint density at radius 1 is 1.25 bits per heavy atom. The number of benzene rings is 1. The summed E-state index contributed by atoms with van der Waals surface area (Å²) >= 11 is 0. The fourth-order valence-electron chi connectivity index (χ4n) is 2.68. The zero-order valence-corrected chi connectivity index (χ0v) is 14.8. The summed E-state index contributed by atoms with van der Waals surface area (Å²) in [5.41, 5.74) is 2.49. The Hall–Kier alpha value is -2.08. The number of carbonyl (C=O) groups excluding carboxylic acids is 2. The van der Waals surface area contributed by atoms with Crippen LogP contribution in [0.5, 0.6) is 0 Å². The molecule has 1 aromatic rings. The second kappa shape index (κ2) is 7.66. The third kappa shape index (κ3) is 5.23. The van der Waals surface area contributed by atoms with Crippen LogP contribution in [-0.2, 0) is 22.4 Å². The summed E-state index contributed by atoms with van der Waals surface area (Å²) in [6.45, 7) is 8.48. The SMILES string of the molecule is COC(=O)c1ccc2c(c1)CN(CCNC(=O)OC(C)(C)C)CC2. The van der Waals surface area contributed by atoms with Gasteiger partial charge in [-0.3, -0.25) is 4.90 Å². The molecule has 1 aliphatic heterocycles. The van der Waals surface area contributed by atoms with Crippen molar-refractivity contribution in [3.63, 3.8) is 0 Å². The molecule has 6 heteroatoms. The van der Waals surface area contributed by atoms with Crippen LogP contribution in [0.1, 0.15) is 42.3 Å². The number of carbonyl (C=O) groups is 2. The minimum atomic E-state index is -0.488. The van der Waals surface area contributed by atoms with Gasteiger partial charge in [-0.2, -0.15) is 0 Å². The summed E-state index contributed by atoms with van der Waals surface area (Å²) in [7, 11) is 1.39. The molecular formula is C18H26N2O4. The van der Waals surface area contributed by atoms with E-state index in [1.54, 1.807) is 0 Å². The third-order valence-electron chi connectivity index (χ3n) is 3.81. The summed E-state index contributed by atoms with van der Waals surface area (Å²) < 4.78 is 9.99. The lowest BCUT2D eigenvalue weighted by Crippen LogP contribution is -2.39. The van der Waals surface area contributed by atoms with Gasteiger partial charge < -0.3 is 14.8 Å². The van der Waals surface area contributed by atoms with Crippen LogP contribution in [0.3, 0.4) is 0 Å². The molecule has 0 saturated carbocycles. The van der Waals surface area contributed by atoms with Crippen LogP contribution < -0.4 is 5.32 Å². The number of nitrogens with one attached hydrogen (secondary N) is 1. The van der Waals surface area contributed by atoms with Crippen molar-refractivity contribution in [2.24, 2.45) is 0 Å². The summed E-state index contributed by atoms with van der Waals surface area (Å²) in [5.74, 6) is -0.318. The van der Waals surface area contributed by atoms with Gasteiger partial charge in [0.1, 0.15) is 5.60 Å². The lowest BCUT2D eigenvalue weighted by atomic mass is 9.97. The number of methoxy groups -OCH3 is 1. The molecule has 0 aromatic heterocycles. The fraction of sp³-hybridized carbons (Fsp3) is 0.556. The van der Waals surface area contributed by atoms with Gasteiger partial charge in [-0.05, 0) is 50.5 Å². The topological polar surface area (TPSA) is 67.9 Å². The van der Waals surface area contributed by atoms with Crippen molar-refractivity contribution in [3.05, 3.63) is 34.9 Å². The minimum absolute atomic E-state index is 0.318. The van der Waals surface area contributed by atoms with E-state index in [-0.39, 0.29) is 5.97 Å². The molecule has 1 heterocycles. The highest BCUT2D eigenvalue weighted by Gasteiger charge is 2.19. The maximum atomic E-state index is 11.6. The first-order chi connectivity index (χ1) is 11.3. The van der Waals surface area contributed by atoms with Crippen LogP contribution in [0.15, 0.2) is 18.2 Å². The Morgan fingerprint density at radius 3 is 2.67 bits per heavy atom. The highest BCUT2D eigenvalue weighted by Crippen LogP contribution is 2.20. The summed E-state index contributed by atoms with van der Waals surface area (Å²) in [5, 5.41) is 2.77. The number of fused-ring (bicyclic) bond motifs is 1. The molecule has 0 radical (unpaired) electrons. The Bertz CT molecular complexity index is 608. The van der Waals surface area contributed by atoms with E-state index >= 15 is 0 Å². The van der Waals surface area contributed by atoms with Gasteiger partial charge in [0.25, 0.3) is 0 Å². The van der Waals surface area contributed by atoms with E-state index in [0.29, 0.717) is 12.1 Å². The maximum absolute atomic E-state index is 11.6. The average molecular weight is 334 g/mol. The third-order valence-corrected chi connectivity index (χ3v) is 3.81. The van der Waals surface area contributed by atoms with Gasteiger partial charge >= 0.3 is 12.1 Å². The molecule has 1 aliphatic rings. The number of amides is 1. The first kappa shape index (κ1) is 18.3. The van der Waals surface area contributed by atoms with Gasteiger partial charge in [0, 0.05) is 26.2 Å². The average Bonchev–Trinajstić information content (AvgIpc) is 2.51. The van der Waals surface area contributed by atoms with E-state index in [2.05, 4.69) is 10.2 Å². The van der Waals surface area contributed by atoms with E-state index in [0.717, 1.165) is 31.6 Å². The molecule has 24 heavy (non-hydrogen) atoms. The maximum Gasteiger partial charge on any atom is 0.407 e. The molecule has 0 unspecified atom stereocenters. The zero-order valence-electron chi connectivity index (χ0n) is 14.8. The van der Waals surface area contributed by atoms with E-state index in [1.165, 1.54) is 12.7 Å². The van der Waals surface area contributed by atoms with Crippen molar-refractivity contribution in [3.8, 4) is 0 Å². The van der Waals surface area contributed by atoms with Gasteiger partial charge in [-0.1, -0.05) is 6.07 Å². The minimum Gasteiger partial charge on any atom is -0.465 e. The van der Waals surface area contributed by atoms with Crippen molar-refractivity contribution < 1.29 is 19.1 Å². The molecule has 2 rings (SSSR count). The first-order valence-corrected chi connectivity index (χ1v) is 8.18. The first-order valence-electron chi connectivity index (χ1n) is 8.18. The molecule has 0 aliphatic carbocycles. The molecule has 1 amide bonds. The van der Waals surface area contributed by atoms with Crippen LogP contribution >= 0.6 is 0 Å². The van der Waals surface area contributed by atoms with Crippen LogP contribution in [0.2, 0.25) is 0 Å². The zero-order chi connectivity index (χ0) is 17.7. The van der Waals surface area contributed by atoms with Gasteiger partial charge in [0.2, 0.25) is 0 Å². The largest absolute Gasteiger partial charge is 0.465 e. The molecule has 6 nitrogen and oxygen atoms in total. The van der Waals surface area contributed by atoms with Crippen LogP contribution in [0, 0.1) is 0 Å². The van der Waals surface area contributed by atoms with E-state index in [1.807, 2.05) is 39.0 Å². The number of rotatable bonds is 4. The molecule has 0 atom stereocenters. The normalized spacial score (nSPS) is 14.7. The van der Waals surface area contributed by atoms with Gasteiger partial charge in [0.15, 0.2) is 0 Å². The lowest BCUT2D eigenvalue weighted by Gasteiger charge is -2.29. The lowest BCUT2D eigenvalue weighted by molar-refractivity contribution is 0.0519. The summed E-state index contributed by atoms with van der Waals surface area (Å²) in [6.07, 6.45) is 0.538. The molecule has 0 saturated heterocycles. The Morgan fingerprint density at radius 2 is 2.00 bits per heavy atom. The van der Waals surface area contributed by atoms with Crippen molar-refractivity contribution in [2.45, 2.75) is 39.3 Å². The predicted octanol–water partition coefficient (Wildman–Crippen LogP) is 2.36. The molecular weight excluding hydrogens is 308 g/mol. The highest BCUT2D eigenvalue weighted by atomic mass is 16.6. The van der Waals surface area contributed by atoms with Gasteiger partial charge in [-0.25, -0.2) is 9.59 Å². The second-order valence-corrected chi connectivity index (χ2v) is 6.93. The molecule has 1 aromatic carbocycles. The van der Waals surface area contributed by atoms with E-state index < -0.39 is 11.7 Å². The molecule has 0 spiro atoms. The van der Waals surface area contributed by atoms with Crippen LogP contribution in [-0.4, -0.2) is 49.3 Å². The van der Waals surface area contributed by atoms with Crippen LogP contribution in [0.4, 0.5) is 4.79 Å². The van der Waals surface area contributed by atoms with Crippen molar-refractivity contribution in [1.29, 1.82) is 0 Å². The predicted molar refractivity (Wildman–Crippen MR) is 91.0 cm³/mol. The van der Waals surface area contributed by atoms with Gasteiger partial charge in [0.05, 0.1) is 12.7 Å². The van der Waals surface area contributed by atoms with Gasteiger partial charge in [-0.15, -0.1) is 0 Å². The molecule has 0 bridgehead atoms. The number of alkyl carbamates (subject to hydrolysis) is 1. The van der Waals surface area contributed by atoms with E-state index in [9.17, 15) is 9.59 Å². The Kier molecular flexibility index (Phi) is 5.83. The Labute approximate surface area is 143 Å². The van der Waals surface area contributed by atoms with Crippen molar-refractivity contribution >= 4 is 12.1 Å².